The summed E-state index contributed by atoms with van der Waals surface area (Å²) in [5.41, 5.74) is 0.686. The van der Waals surface area contributed by atoms with E-state index in [4.69, 9.17) is 16.3 Å². The van der Waals surface area contributed by atoms with Crippen LogP contribution in [0, 0.1) is 5.92 Å². The standard InChI is InChI=1S/C15H18ClNO2/c16-11-1-2-14-12(7-11)13(18)8-15(19-14)4-6-17-5-3-10(15)9-17/h1-2,7,10,13,18H,3-6,8-9H2/t10?,13-,15?/m0/s1. The molecule has 1 aromatic carbocycles. The number of hydrogen-bond donors (Lipinski definition) is 1. The van der Waals surface area contributed by atoms with Crippen LogP contribution in [0.4, 0.5) is 0 Å². The topological polar surface area (TPSA) is 32.7 Å². The molecule has 3 unspecified atom stereocenters. The number of ether oxygens (including phenoxy) is 1. The second-order valence-corrected chi connectivity index (χ2v) is 6.54. The lowest BCUT2D eigenvalue weighted by Crippen LogP contribution is -2.53. The van der Waals surface area contributed by atoms with E-state index in [0.29, 0.717) is 17.4 Å². The van der Waals surface area contributed by atoms with Gasteiger partial charge in [0.15, 0.2) is 0 Å². The van der Waals surface area contributed by atoms with Crippen molar-refractivity contribution in [3.8, 4) is 5.75 Å². The summed E-state index contributed by atoms with van der Waals surface area (Å²) in [7, 11) is 0. The van der Waals surface area contributed by atoms with Crippen LogP contribution < -0.4 is 4.74 Å². The van der Waals surface area contributed by atoms with Gasteiger partial charge >= 0.3 is 0 Å². The fourth-order valence-corrected chi connectivity index (χ4v) is 4.17. The van der Waals surface area contributed by atoms with Crippen LogP contribution in [-0.4, -0.2) is 35.2 Å². The first kappa shape index (κ1) is 12.0. The van der Waals surface area contributed by atoms with Crippen LogP contribution in [0.15, 0.2) is 18.2 Å². The zero-order valence-electron chi connectivity index (χ0n) is 10.8. The van der Waals surface area contributed by atoms with E-state index >= 15 is 0 Å². The van der Waals surface area contributed by atoms with Crippen molar-refractivity contribution >= 4 is 11.6 Å². The Morgan fingerprint density at radius 2 is 2.26 bits per heavy atom. The van der Waals surface area contributed by atoms with E-state index in [1.54, 1.807) is 0 Å². The van der Waals surface area contributed by atoms with Gasteiger partial charge in [0, 0.05) is 42.4 Å². The second kappa shape index (κ2) is 4.11. The molecule has 102 valence electrons. The number of aliphatic hydroxyl groups excluding tert-OH is 1. The summed E-state index contributed by atoms with van der Waals surface area (Å²) >= 11 is 6.01. The summed E-state index contributed by atoms with van der Waals surface area (Å²) in [6, 6.07) is 5.58. The van der Waals surface area contributed by atoms with Gasteiger partial charge in [-0.05, 0) is 31.2 Å². The lowest BCUT2D eigenvalue weighted by Gasteiger charge is -2.47. The fraction of sp³-hybridized carbons (Fsp3) is 0.600. The van der Waals surface area contributed by atoms with Gasteiger partial charge in [-0.2, -0.15) is 0 Å². The van der Waals surface area contributed by atoms with Crippen molar-refractivity contribution in [2.45, 2.75) is 31.0 Å². The highest BCUT2D eigenvalue weighted by Gasteiger charge is 2.51. The highest BCUT2D eigenvalue weighted by atomic mass is 35.5. The average molecular weight is 280 g/mol. The first-order valence-corrected chi connectivity index (χ1v) is 7.43. The van der Waals surface area contributed by atoms with Crippen LogP contribution in [0.3, 0.4) is 0 Å². The zero-order chi connectivity index (χ0) is 13.0. The van der Waals surface area contributed by atoms with Crippen molar-refractivity contribution in [2.24, 2.45) is 5.92 Å². The maximum absolute atomic E-state index is 10.5. The number of rotatable bonds is 0. The molecule has 4 atom stereocenters. The molecule has 3 heterocycles. The monoisotopic (exact) mass is 279 g/mol. The number of halogens is 1. The van der Waals surface area contributed by atoms with Gasteiger partial charge in [0.05, 0.1) is 6.10 Å². The summed E-state index contributed by atoms with van der Waals surface area (Å²) in [4.78, 5) is 2.50. The van der Waals surface area contributed by atoms with Crippen LogP contribution in [0.25, 0.3) is 0 Å². The Kier molecular flexibility index (Phi) is 2.60. The number of nitrogens with zero attached hydrogens (tertiary/aromatic N) is 1. The van der Waals surface area contributed by atoms with Crippen LogP contribution in [0.1, 0.15) is 30.9 Å². The second-order valence-electron chi connectivity index (χ2n) is 6.11. The molecule has 4 heteroatoms. The molecule has 0 aliphatic carbocycles. The molecule has 2 saturated heterocycles. The smallest absolute Gasteiger partial charge is 0.126 e. The first-order valence-electron chi connectivity index (χ1n) is 7.05. The van der Waals surface area contributed by atoms with E-state index in [1.165, 1.54) is 13.0 Å². The number of fused-ring (bicyclic) bond motifs is 4. The molecule has 0 radical (unpaired) electrons. The van der Waals surface area contributed by atoms with Crippen molar-refractivity contribution in [1.82, 2.24) is 4.90 Å². The molecule has 2 fully saturated rings. The van der Waals surface area contributed by atoms with E-state index in [9.17, 15) is 5.11 Å². The molecule has 3 nitrogen and oxygen atoms in total. The minimum Gasteiger partial charge on any atom is -0.486 e. The normalized spacial score (nSPS) is 40.0. The van der Waals surface area contributed by atoms with Crippen LogP contribution in [0.2, 0.25) is 5.02 Å². The molecule has 1 spiro atoms. The van der Waals surface area contributed by atoms with Gasteiger partial charge in [0.25, 0.3) is 0 Å². The molecule has 0 aromatic heterocycles. The van der Waals surface area contributed by atoms with E-state index in [1.807, 2.05) is 18.2 Å². The molecule has 0 saturated carbocycles. The van der Waals surface area contributed by atoms with Gasteiger partial charge in [0.1, 0.15) is 11.4 Å². The lowest BCUT2D eigenvalue weighted by molar-refractivity contribution is -0.0736. The van der Waals surface area contributed by atoms with Gasteiger partial charge in [-0.15, -0.1) is 0 Å². The summed E-state index contributed by atoms with van der Waals surface area (Å²) < 4.78 is 6.37. The molecule has 1 N–H and O–H groups in total. The molecule has 0 amide bonds. The molecular formula is C15H18ClNO2. The van der Waals surface area contributed by atoms with Crippen molar-refractivity contribution in [3.05, 3.63) is 28.8 Å². The molecule has 3 aliphatic rings. The number of hydrogen-bond acceptors (Lipinski definition) is 3. The summed E-state index contributed by atoms with van der Waals surface area (Å²) in [6.07, 6.45) is 2.47. The Bertz CT molecular complexity index is 521. The SMILES string of the molecule is O[C@H]1CC2(CCN3CCC2C3)Oc2ccc(Cl)cc21. The Hall–Kier alpha value is -0.770. The van der Waals surface area contributed by atoms with Gasteiger partial charge in [-0.3, -0.25) is 0 Å². The first-order chi connectivity index (χ1) is 9.16. The summed E-state index contributed by atoms with van der Waals surface area (Å²) in [5.74, 6) is 1.38. The molecular weight excluding hydrogens is 262 g/mol. The molecule has 19 heavy (non-hydrogen) atoms. The van der Waals surface area contributed by atoms with E-state index in [-0.39, 0.29) is 5.60 Å². The van der Waals surface area contributed by atoms with Crippen molar-refractivity contribution in [1.29, 1.82) is 0 Å². The van der Waals surface area contributed by atoms with Gasteiger partial charge in [-0.1, -0.05) is 11.6 Å². The third kappa shape index (κ3) is 1.79. The van der Waals surface area contributed by atoms with Crippen LogP contribution in [0.5, 0.6) is 5.75 Å². The van der Waals surface area contributed by atoms with Gasteiger partial charge in [0.2, 0.25) is 0 Å². The molecule has 2 bridgehead atoms. The van der Waals surface area contributed by atoms with Crippen molar-refractivity contribution < 1.29 is 9.84 Å². The average Bonchev–Trinajstić information content (AvgIpc) is 2.81. The number of benzene rings is 1. The minimum absolute atomic E-state index is 0.159. The zero-order valence-corrected chi connectivity index (χ0v) is 11.6. The Morgan fingerprint density at radius 1 is 1.37 bits per heavy atom. The highest BCUT2D eigenvalue weighted by molar-refractivity contribution is 6.30. The summed E-state index contributed by atoms with van der Waals surface area (Å²) in [6.45, 7) is 3.39. The number of piperidine rings is 1. The Labute approximate surface area is 118 Å². The van der Waals surface area contributed by atoms with E-state index in [0.717, 1.165) is 30.8 Å². The highest BCUT2D eigenvalue weighted by Crippen LogP contribution is 2.49. The fourth-order valence-electron chi connectivity index (χ4n) is 3.99. The third-order valence-electron chi connectivity index (χ3n) is 5.05. The summed E-state index contributed by atoms with van der Waals surface area (Å²) in [5, 5.41) is 11.1. The Balaban J connectivity index is 1.72. The minimum atomic E-state index is -0.449. The van der Waals surface area contributed by atoms with Crippen LogP contribution >= 0.6 is 11.6 Å². The quantitative estimate of drug-likeness (QED) is 0.792. The van der Waals surface area contributed by atoms with E-state index < -0.39 is 6.10 Å². The molecule has 3 aliphatic heterocycles. The van der Waals surface area contributed by atoms with Crippen molar-refractivity contribution in [2.75, 3.05) is 19.6 Å². The maximum Gasteiger partial charge on any atom is 0.126 e. The van der Waals surface area contributed by atoms with Crippen LogP contribution in [-0.2, 0) is 0 Å². The molecule has 4 rings (SSSR count). The van der Waals surface area contributed by atoms with Gasteiger partial charge < -0.3 is 14.7 Å². The van der Waals surface area contributed by atoms with Crippen molar-refractivity contribution in [3.63, 3.8) is 0 Å². The number of aliphatic hydroxyl groups is 1. The maximum atomic E-state index is 10.5. The third-order valence-corrected chi connectivity index (χ3v) is 5.29. The lowest BCUT2D eigenvalue weighted by atomic mass is 9.75. The molecule has 1 aromatic rings. The predicted octanol–water partition coefficient (Wildman–Crippen LogP) is 2.62. The Morgan fingerprint density at radius 3 is 3.16 bits per heavy atom. The van der Waals surface area contributed by atoms with Gasteiger partial charge in [-0.25, -0.2) is 0 Å². The largest absolute Gasteiger partial charge is 0.486 e. The predicted molar refractivity (Wildman–Crippen MR) is 73.6 cm³/mol. The van der Waals surface area contributed by atoms with E-state index in [2.05, 4.69) is 4.90 Å².